The van der Waals surface area contributed by atoms with Gasteiger partial charge in [-0.1, -0.05) is 17.3 Å². The van der Waals surface area contributed by atoms with E-state index in [1.54, 1.807) is 45.9 Å². The van der Waals surface area contributed by atoms with Gasteiger partial charge in [0.1, 0.15) is 23.7 Å². The van der Waals surface area contributed by atoms with Gasteiger partial charge in [-0.05, 0) is 46.8 Å². The summed E-state index contributed by atoms with van der Waals surface area (Å²) in [4.78, 5) is 36.2. The van der Waals surface area contributed by atoms with Crippen LogP contribution >= 0.6 is 0 Å². The quantitative estimate of drug-likeness (QED) is 0.682. The van der Waals surface area contributed by atoms with Crippen LogP contribution in [0, 0.1) is 13.8 Å². The van der Waals surface area contributed by atoms with E-state index in [-0.39, 0.29) is 18.2 Å². The predicted molar refractivity (Wildman–Crippen MR) is 103 cm³/mol. The van der Waals surface area contributed by atoms with E-state index in [1.165, 1.54) is 13.0 Å². The van der Waals surface area contributed by atoms with Crippen LogP contribution in [0.4, 0.5) is 4.79 Å². The number of rotatable bonds is 7. The van der Waals surface area contributed by atoms with Crippen LogP contribution in [0.1, 0.15) is 48.1 Å². The first-order valence-electron chi connectivity index (χ1n) is 9.15. The average Bonchev–Trinajstić information content (AvgIpc) is 2.97. The molecule has 0 bridgehead atoms. The lowest BCUT2D eigenvalue weighted by Gasteiger charge is -2.16. The molecule has 0 spiro atoms. The van der Waals surface area contributed by atoms with Crippen molar-refractivity contribution >= 4 is 17.9 Å². The van der Waals surface area contributed by atoms with E-state index in [0.29, 0.717) is 17.2 Å². The van der Waals surface area contributed by atoms with Crippen LogP contribution in [-0.4, -0.2) is 35.2 Å². The van der Waals surface area contributed by atoms with Crippen LogP contribution in [0.15, 0.2) is 28.8 Å². The zero-order chi connectivity index (χ0) is 21.6. The summed E-state index contributed by atoms with van der Waals surface area (Å²) in [6.07, 6.45) is -1.17. The lowest BCUT2D eigenvalue weighted by atomic mass is 10.2. The Balaban J connectivity index is 2.02. The van der Waals surface area contributed by atoms with Crippen LogP contribution < -0.4 is 15.4 Å². The minimum absolute atomic E-state index is 0.137. The van der Waals surface area contributed by atoms with Gasteiger partial charge >= 0.3 is 12.0 Å². The number of nitrogens with zero attached hydrogens (tertiary/aromatic N) is 1. The Bertz CT molecular complexity index is 871. The summed E-state index contributed by atoms with van der Waals surface area (Å²) in [6, 6.07) is 5.72. The van der Waals surface area contributed by atoms with Gasteiger partial charge in [0.2, 0.25) is 0 Å². The van der Waals surface area contributed by atoms with E-state index in [1.807, 2.05) is 0 Å². The summed E-state index contributed by atoms with van der Waals surface area (Å²) in [5.41, 5.74) is 1.65. The molecule has 2 aromatic rings. The lowest BCUT2D eigenvalue weighted by molar-refractivity contribution is -0.127. The smallest absolute Gasteiger partial charge is 0.342 e. The van der Waals surface area contributed by atoms with Crippen molar-refractivity contribution in [3.63, 3.8) is 0 Å². The number of aryl methyl sites for hydroxylation is 2. The van der Waals surface area contributed by atoms with E-state index in [0.717, 1.165) is 5.56 Å². The molecule has 0 saturated heterocycles. The number of esters is 1. The number of carbonyl (C=O) groups excluding carboxylic acids is 3. The molecule has 0 aliphatic carbocycles. The first-order chi connectivity index (χ1) is 13.7. The number of para-hydroxylation sites is 1. The van der Waals surface area contributed by atoms with E-state index in [9.17, 15) is 14.4 Å². The van der Waals surface area contributed by atoms with Gasteiger partial charge in [0.25, 0.3) is 5.91 Å². The maximum absolute atomic E-state index is 12.5. The Labute approximate surface area is 168 Å². The number of hydrogen-bond acceptors (Lipinski definition) is 7. The van der Waals surface area contributed by atoms with Gasteiger partial charge in [0.05, 0.1) is 11.3 Å². The maximum Gasteiger partial charge on any atom is 0.342 e. The van der Waals surface area contributed by atoms with Crippen molar-refractivity contribution in [3.8, 4) is 5.75 Å². The molecule has 1 aromatic heterocycles. The molecule has 0 aliphatic heterocycles. The first kappa shape index (κ1) is 21.9. The zero-order valence-electron chi connectivity index (χ0n) is 17.1. The third kappa shape index (κ3) is 6.06. The molecule has 0 aliphatic rings. The van der Waals surface area contributed by atoms with Crippen molar-refractivity contribution in [1.82, 2.24) is 15.8 Å². The van der Waals surface area contributed by atoms with Crippen LogP contribution in [0.2, 0.25) is 0 Å². The van der Waals surface area contributed by atoms with Crippen molar-refractivity contribution in [1.29, 1.82) is 0 Å². The third-order valence-corrected chi connectivity index (χ3v) is 3.97. The standard InChI is InChI=1S/C20H25N3O6/c1-11(2)21-20(26)22-18(24)14(5)28-19(25)15-8-6-7-9-17(15)27-10-16-12(3)23-29-13(16)4/h6-9,11,14H,10H2,1-5H3,(H2,21,22,24,26)/t14-/m1/s1. The largest absolute Gasteiger partial charge is 0.488 e. The molecule has 1 atom stereocenters. The highest BCUT2D eigenvalue weighted by molar-refractivity contribution is 5.99. The summed E-state index contributed by atoms with van der Waals surface area (Å²) in [5.74, 6) is -0.549. The molecular formula is C20H25N3O6. The highest BCUT2D eigenvalue weighted by atomic mass is 16.5. The molecule has 1 heterocycles. The fraction of sp³-hybridized carbons (Fsp3) is 0.400. The normalized spacial score (nSPS) is 11.7. The molecule has 29 heavy (non-hydrogen) atoms. The number of hydrogen-bond donors (Lipinski definition) is 2. The van der Waals surface area contributed by atoms with Gasteiger partial charge in [-0.2, -0.15) is 0 Å². The van der Waals surface area contributed by atoms with Crippen LogP contribution in [0.25, 0.3) is 0 Å². The topological polar surface area (TPSA) is 120 Å². The maximum atomic E-state index is 12.5. The minimum Gasteiger partial charge on any atom is -0.488 e. The second-order valence-electron chi connectivity index (χ2n) is 6.75. The molecule has 9 nitrogen and oxygen atoms in total. The van der Waals surface area contributed by atoms with Crippen LogP contribution in [-0.2, 0) is 16.1 Å². The van der Waals surface area contributed by atoms with Gasteiger partial charge in [-0.15, -0.1) is 0 Å². The van der Waals surface area contributed by atoms with Gasteiger partial charge < -0.3 is 19.3 Å². The lowest BCUT2D eigenvalue weighted by Crippen LogP contribution is -2.46. The Morgan fingerprint density at radius 2 is 1.83 bits per heavy atom. The number of ether oxygens (including phenoxy) is 2. The number of aromatic nitrogens is 1. The third-order valence-electron chi connectivity index (χ3n) is 3.97. The summed E-state index contributed by atoms with van der Waals surface area (Å²) < 4.78 is 16.0. The molecule has 9 heteroatoms. The molecule has 1 aromatic carbocycles. The highest BCUT2D eigenvalue weighted by Gasteiger charge is 2.23. The molecule has 0 saturated carbocycles. The zero-order valence-corrected chi connectivity index (χ0v) is 17.1. The molecule has 0 fully saturated rings. The fourth-order valence-electron chi connectivity index (χ4n) is 2.41. The number of carbonyl (C=O) groups is 3. The SMILES string of the molecule is Cc1noc(C)c1COc1ccccc1C(=O)O[C@H](C)C(=O)NC(=O)NC(C)C. The summed E-state index contributed by atoms with van der Waals surface area (Å²) in [7, 11) is 0. The van der Waals surface area contributed by atoms with Gasteiger partial charge in [-0.25, -0.2) is 9.59 Å². The first-order valence-corrected chi connectivity index (χ1v) is 9.15. The van der Waals surface area contributed by atoms with Crippen molar-refractivity contribution in [2.45, 2.75) is 53.4 Å². The molecule has 0 unspecified atom stereocenters. The van der Waals surface area contributed by atoms with Crippen LogP contribution in [0.5, 0.6) is 5.75 Å². The summed E-state index contributed by atoms with van der Waals surface area (Å²) >= 11 is 0. The molecule has 156 valence electrons. The second-order valence-corrected chi connectivity index (χ2v) is 6.75. The molecule has 3 amide bonds. The summed E-state index contributed by atoms with van der Waals surface area (Å²) in [5, 5.41) is 8.50. The second kappa shape index (κ2) is 9.72. The van der Waals surface area contributed by atoms with Gasteiger partial charge in [-0.3, -0.25) is 10.1 Å². The van der Waals surface area contributed by atoms with Crippen LogP contribution in [0.3, 0.4) is 0 Å². The molecular weight excluding hydrogens is 378 g/mol. The number of benzene rings is 1. The fourth-order valence-corrected chi connectivity index (χ4v) is 2.41. The average molecular weight is 403 g/mol. The van der Waals surface area contributed by atoms with E-state index in [4.69, 9.17) is 14.0 Å². The van der Waals surface area contributed by atoms with E-state index < -0.39 is 24.0 Å². The number of nitrogens with one attached hydrogen (secondary N) is 2. The number of imide groups is 1. The molecule has 2 N–H and O–H groups in total. The van der Waals surface area contributed by atoms with Gasteiger partial charge in [0, 0.05) is 6.04 Å². The van der Waals surface area contributed by atoms with Crippen molar-refractivity contribution in [2.75, 3.05) is 0 Å². The Morgan fingerprint density at radius 1 is 1.14 bits per heavy atom. The summed E-state index contributed by atoms with van der Waals surface area (Å²) in [6.45, 7) is 8.62. The number of urea groups is 1. The van der Waals surface area contributed by atoms with Crippen molar-refractivity contribution < 1.29 is 28.4 Å². The Kier molecular flexibility index (Phi) is 7.35. The number of amides is 3. The predicted octanol–water partition coefficient (Wildman–Crippen LogP) is 2.65. The highest BCUT2D eigenvalue weighted by Crippen LogP contribution is 2.22. The monoisotopic (exact) mass is 403 g/mol. The minimum atomic E-state index is -1.17. The van der Waals surface area contributed by atoms with Gasteiger partial charge in [0.15, 0.2) is 6.10 Å². The van der Waals surface area contributed by atoms with E-state index in [2.05, 4.69) is 15.8 Å². The molecule has 0 radical (unpaired) electrons. The Morgan fingerprint density at radius 3 is 2.45 bits per heavy atom. The van der Waals surface area contributed by atoms with E-state index >= 15 is 0 Å². The Hall–Kier alpha value is -3.36. The van der Waals surface area contributed by atoms with Crippen molar-refractivity contribution in [3.05, 3.63) is 46.8 Å². The molecule has 2 rings (SSSR count). The van der Waals surface area contributed by atoms with Crippen molar-refractivity contribution in [2.24, 2.45) is 0 Å².